The summed E-state index contributed by atoms with van der Waals surface area (Å²) >= 11 is 0. The standard InChI is InChI=1S/CH3.132Y/h1H3;;;;;;;;;;;;;;;;;;;;;;;;;;;;;;;;;;;;;;;;;;;;;;;;;;;;;;;;;;;;;;;;;;;;;;;;;;;;;;;;;;;;;;;;;;;;;;;;;;;;;;;;;;;;;;;;;;;;;;;;;;;;;;;;;;;;/q-1;;;;;;;;;;;;;;;;;;;;;;;;;;;;;;;;;;;;;;;;;;;;;;;;;;;;;;;;;;;;;;;;;;;;;;;;;;;;;;;;;;;;;;;;;;;;;;;;;;;;;;;;;;;;;;;;;;;;;;;;;;;;;;;;;;;;. The Labute approximate surface area is 4150 Å². The van der Waals surface area contributed by atoms with Gasteiger partial charge in [0, 0.05) is 4320 Å². The van der Waals surface area contributed by atoms with Gasteiger partial charge in [0.1, 0.15) is 0 Å². The van der Waals surface area contributed by atoms with E-state index in [1.165, 1.54) is 0 Å². The largest absolute Gasteiger partial charge is 0.358 e. The second-order valence-corrected chi connectivity index (χ2v) is 0. The quantitative estimate of drug-likeness (QED) is 0.303. The van der Waals surface area contributed by atoms with Gasteiger partial charge in [0.05, 0.1) is 0 Å². The SMILES string of the molecule is [CH3-].[Y].[Y].[Y].[Y].[Y].[Y].[Y].[Y].[Y].[Y].[Y].[Y].[Y].[Y].[Y].[Y].[Y].[Y].[Y].[Y].[Y].[Y].[Y].[Y].[Y].[Y].[Y].[Y].[Y].[Y].[Y].[Y].[Y].[Y].[Y].[Y].[Y].[Y].[Y].[Y].[Y].[Y].[Y].[Y].[Y].[Y].[Y].[Y].[Y].[Y].[Y].[Y].[Y].[Y].[Y].[Y].[Y].[Y].[Y].[Y].[Y].[Y].[Y].[Y].[Y].[Y].[Y].[Y].[Y].[Y].[Y].[Y].[Y].[Y].[Y].[Y].[Y].[Y].[Y].[Y].[Y].[Y].[Y].[Y].[Y].[Y].[Y].[Y].[Y].[Y].[Y].[Y].[Y].[Y].[Y].[Y].[Y].[Y].[Y].[Y].[Y].[Y].[Y].[Y].[Y].[Y].[Y].[Y].[Y].[Y].[Y].[Y].[Y].[Y].[Y].[Y].[Y].[Y].[Y].[Y].[Y].[Y].[Y].[Y].[Y].[Y].[Y].[Y].[Y].[Y].[Y].[Y]. The van der Waals surface area contributed by atoms with E-state index < -0.39 is 0 Å². The molecule has 132 radical (unpaired) electrons. The Balaban J connectivity index is 0. The minimum atomic E-state index is 0. The zero-order valence-electron chi connectivity index (χ0n) is 77.2. The van der Waals surface area contributed by atoms with E-state index in [0.29, 0.717) is 0 Å². The molecule has 0 fully saturated rings. The molecule has 0 saturated carbocycles. The minimum Gasteiger partial charge on any atom is -0.358 e. The van der Waals surface area contributed by atoms with Crippen molar-refractivity contribution >= 4 is 0 Å². The fraction of sp³-hybridized carbons (Fsp3) is 0. The van der Waals surface area contributed by atoms with Crippen LogP contribution in [0.3, 0.4) is 0 Å². The van der Waals surface area contributed by atoms with Gasteiger partial charge in [0.25, 0.3) is 0 Å². The summed E-state index contributed by atoms with van der Waals surface area (Å²) in [6.07, 6.45) is 0. The van der Waals surface area contributed by atoms with E-state index in [1.807, 2.05) is 0 Å². The molecular formula is CH3Y132-. The number of rotatable bonds is 0. The van der Waals surface area contributed by atoms with Gasteiger partial charge in [-0.3, -0.25) is 0 Å². The van der Waals surface area contributed by atoms with Crippen LogP contribution in [0.4, 0.5) is 0 Å². The van der Waals surface area contributed by atoms with Gasteiger partial charge in [0.15, 0.2) is 0 Å². The molecule has 0 aliphatic rings. The summed E-state index contributed by atoms with van der Waals surface area (Å²) in [5.74, 6) is 0. The maximum Gasteiger partial charge on any atom is 0 e. The van der Waals surface area contributed by atoms with Gasteiger partial charge in [-0.15, -0.1) is 0 Å². The zero-order valence-corrected chi connectivity index (χ0v) is 452. The molecule has 0 saturated heterocycles. The molecule has 0 rings (SSSR count). The van der Waals surface area contributed by atoms with Crippen LogP contribution in [0.2, 0.25) is 0 Å². The second-order valence-electron chi connectivity index (χ2n) is 0. The molecule has 0 spiro atoms. The van der Waals surface area contributed by atoms with Gasteiger partial charge in [0.2, 0.25) is 0 Å². The Bertz CT molecular complexity index is 8.49. The summed E-state index contributed by atoms with van der Waals surface area (Å²) in [6, 6.07) is 0. The van der Waals surface area contributed by atoms with Crippen LogP contribution < -0.4 is 0 Å². The van der Waals surface area contributed by atoms with Gasteiger partial charge in [-0.25, -0.2) is 0 Å². The second kappa shape index (κ2) is 1000. The molecule has 0 aromatic heterocycles. The molecule has 0 aromatic rings. The molecule has 0 nitrogen and oxygen atoms in total. The van der Waals surface area contributed by atoms with Crippen LogP contribution in [0, 0.1) is 7.43 Å². The van der Waals surface area contributed by atoms with Crippen molar-refractivity contribution in [1.82, 2.24) is 0 Å². The molecule has 0 N–H and O–H groups in total. The van der Waals surface area contributed by atoms with Gasteiger partial charge in [-0.1, -0.05) is 0 Å². The van der Waals surface area contributed by atoms with E-state index in [0.717, 1.165) is 0 Å². The van der Waals surface area contributed by atoms with Gasteiger partial charge in [-0.05, 0) is 0 Å². The number of hydrogen-bond acceptors (Lipinski definition) is 0. The Morgan fingerprint density at radius 3 is 0.0150 bits per heavy atom. The van der Waals surface area contributed by atoms with Crippen molar-refractivity contribution < 1.29 is 4320 Å². The summed E-state index contributed by atoms with van der Waals surface area (Å²) < 4.78 is 0. The monoisotopic (exact) mass is 11800 g/mol. The molecule has 0 aliphatic heterocycles. The van der Waals surface area contributed by atoms with Gasteiger partial charge >= 0.3 is 0 Å². The third kappa shape index (κ3) is 994. The van der Waals surface area contributed by atoms with Crippen molar-refractivity contribution in [3.8, 4) is 0 Å². The summed E-state index contributed by atoms with van der Waals surface area (Å²) in [4.78, 5) is 0. The summed E-state index contributed by atoms with van der Waals surface area (Å²) in [7, 11) is 0. The topological polar surface area (TPSA) is 0 Å². The first-order chi connectivity index (χ1) is 0. The summed E-state index contributed by atoms with van der Waals surface area (Å²) in [6.45, 7) is 0. The molecule has 404 valence electrons. The van der Waals surface area contributed by atoms with Crippen LogP contribution in [0.1, 0.15) is 0 Å². The molecular weight excluding hydrogens is 11700 g/mol. The van der Waals surface area contributed by atoms with Crippen molar-refractivity contribution in [1.29, 1.82) is 0 Å². The molecule has 0 bridgehead atoms. The van der Waals surface area contributed by atoms with Gasteiger partial charge in [-0.2, -0.15) is 0 Å². The number of hydrogen-bond donors (Lipinski definition) is 0. The van der Waals surface area contributed by atoms with Crippen LogP contribution in [0.5, 0.6) is 0 Å². The zero-order chi connectivity index (χ0) is 0. The molecule has 0 atom stereocenters. The fourth-order valence-corrected chi connectivity index (χ4v) is 0. The predicted molar refractivity (Wildman–Crippen MR) is 6.41 cm³/mol. The Kier molecular flexibility index (Phi) is 7620. The Morgan fingerprint density at radius 1 is 0.0150 bits per heavy atom. The summed E-state index contributed by atoms with van der Waals surface area (Å²) in [5, 5.41) is 0. The first-order valence-corrected chi connectivity index (χ1v) is 0. The normalized spacial score (nSPS) is 0. The van der Waals surface area contributed by atoms with E-state index in [-0.39, 0.29) is 4330 Å². The molecule has 132 heteroatoms. The molecule has 0 aromatic carbocycles. The maximum absolute atomic E-state index is 0. The predicted octanol–water partition coefficient (Wildman–Crippen LogP) is 0.120. The van der Waals surface area contributed by atoms with Crippen molar-refractivity contribution in [2.45, 2.75) is 0 Å². The van der Waals surface area contributed by atoms with Crippen LogP contribution >= 0.6 is 0 Å². The average molecular weight is 11800 g/mol. The molecule has 0 heterocycles. The molecule has 133 heavy (non-hydrogen) atoms. The van der Waals surface area contributed by atoms with E-state index in [2.05, 4.69) is 0 Å². The van der Waals surface area contributed by atoms with Crippen molar-refractivity contribution in [2.24, 2.45) is 0 Å². The Hall–Kier alpha value is 146. The van der Waals surface area contributed by atoms with Crippen LogP contribution in [-0.4, -0.2) is 0 Å². The molecule has 0 amide bonds. The first-order valence-electron chi connectivity index (χ1n) is 0. The third-order valence-electron chi connectivity index (χ3n) is 0. The first kappa shape index (κ1) is 1010. The van der Waals surface area contributed by atoms with Crippen LogP contribution in [0.25, 0.3) is 0 Å². The maximum atomic E-state index is 0. The van der Waals surface area contributed by atoms with E-state index in [1.54, 1.807) is 0 Å². The fourth-order valence-electron chi connectivity index (χ4n) is 0. The molecule has 0 unspecified atom stereocenters. The third-order valence-corrected chi connectivity index (χ3v) is 0. The average Bonchev–Trinajstić information content (AvgIpc) is 0. The smallest absolute Gasteiger partial charge is 0 e. The summed E-state index contributed by atoms with van der Waals surface area (Å²) in [5.41, 5.74) is 0. The minimum absolute atomic E-state index is 0. The van der Waals surface area contributed by atoms with Crippen molar-refractivity contribution in [2.75, 3.05) is 0 Å². The van der Waals surface area contributed by atoms with Crippen molar-refractivity contribution in [3.05, 3.63) is 7.43 Å². The molecule has 0 aliphatic carbocycles. The van der Waals surface area contributed by atoms with Crippen LogP contribution in [-0.2, 0) is 4320 Å². The van der Waals surface area contributed by atoms with Crippen LogP contribution in [0.15, 0.2) is 0 Å². The Morgan fingerprint density at radius 2 is 0.0150 bits per heavy atom. The van der Waals surface area contributed by atoms with E-state index >= 15 is 0 Å². The van der Waals surface area contributed by atoms with Crippen molar-refractivity contribution in [3.63, 3.8) is 0 Å². The van der Waals surface area contributed by atoms with Gasteiger partial charge < -0.3 is 7.43 Å². The van der Waals surface area contributed by atoms with E-state index in [4.69, 9.17) is 0 Å². The van der Waals surface area contributed by atoms with E-state index in [9.17, 15) is 0 Å².